The van der Waals surface area contributed by atoms with E-state index in [0.717, 1.165) is 11.3 Å². The van der Waals surface area contributed by atoms with Gasteiger partial charge >= 0.3 is 0 Å². The van der Waals surface area contributed by atoms with Gasteiger partial charge in [-0.2, -0.15) is 5.10 Å². The molecule has 0 spiro atoms. The highest BCUT2D eigenvalue weighted by Crippen LogP contribution is 2.32. The van der Waals surface area contributed by atoms with Crippen molar-refractivity contribution in [1.82, 2.24) is 9.78 Å². The Morgan fingerprint density at radius 3 is 2.56 bits per heavy atom. The highest BCUT2D eigenvalue weighted by Gasteiger charge is 2.15. The van der Waals surface area contributed by atoms with Gasteiger partial charge in [0.2, 0.25) is 0 Å². The average molecular weight is 241 g/mol. The SMILES string of the molecule is Cc1c(-c2ccc3c(c2)CCCC3)c(N)nn1C. The second kappa shape index (κ2) is 4.16. The summed E-state index contributed by atoms with van der Waals surface area (Å²) in [5.74, 6) is 0.630. The molecule has 0 aliphatic heterocycles. The molecule has 3 rings (SSSR count). The Bertz CT molecular complexity index is 596. The molecule has 0 saturated carbocycles. The van der Waals surface area contributed by atoms with Crippen LogP contribution in [0.2, 0.25) is 0 Å². The minimum absolute atomic E-state index is 0.630. The predicted octanol–water partition coefficient (Wildman–Crippen LogP) is 2.86. The molecule has 3 nitrogen and oxygen atoms in total. The van der Waals surface area contributed by atoms with Crippen LogP contribution in [0.5, 0.6) is 0 Å². The van der Waals surface area contributed by atoms with Gasteiger partial charge in [0.05, 0.1) is 0 Å². The quantitative estimate of drug-likeness (QED) is 0.834. The van der Waals surface area contributed by atoms with Crippen molar-refractivity contribution in [1.29, 1.82) is 0 Å². The monoisotopic (exact) mass is 241 g/mol. The van der Waals surface area contributed by atoms with Gasteiger partial charge in [0.25, 0.3) is 0 Å². The molecule has 3 heteroatoms. The van der Waals surface area contributed by atoms with Gasteiger partial charge in [-0.3, -0.25) is 4.68 Å². The van der Waals surface area contributed by atoms with Crippen molar-refractivity contribution < 1.29 is 0 Å². The minimum atomic E-state index is 0.630. The maximum absolute atomic E-state index is 6.02. The zero-order valence-corrected chi connectivity index (χ0v) is 11.0. The Morgan fingerprint density at radius 1 is 1.17 bits per heavy atom. The summed E-state index contributed by atoms with van der Waals surface area (Å²) in [7, 11) is 1.94. The molecule has 0 bridgehead atoms. The molecular weight excluding hydrogens is 222 g/mol. The summed E-state index contributed by atoms with van der Waals surface area (Å²) in [5.41, 5.74) is 12.4. The normalized spacial score (nSPS) is 14.6. The van der Waals surface area contributed by atoms with E-state index < -0.39 is 0 Å². The molecule has 1 aliphatic rings. The molecule has 2 aromatic rings. The van der Waals surface area contributed by atoms with Crippen molar-refractivity contribution in [2.75, 3.05) is 5.73 Å². The maximum atomic E-state index is 6.02. The summed E-state index contributed by atoms with van der Waals surface area (Å²) in [6.07, 6.45) is 5.04. The second-order valence-electron chi connectivity index (χ2n) is 5.16. The molecule has 18 heavy (non-hydrogen) atoms. The first-order valence-electron chi connectivity index (χ1n) is 6.58. The zero-order chi connectivity index (χ0) is 12.7. The largest absolute Gasteiger partial charge is 0.382 e. The molecule has 1 aromatic carbocycles. The van der Waals surface area contributed by atoms with Crippen LogP contribution in [0.25, 0.3) is 11.1 Å². The van der Waals surface area contributed by atoms with Crippen molar-refractivity contribution in [3.05, 3.63) is 35.0 Å². The molecule has 0 unspecified atom stereocenters. The van der Waals surface area contributed by atoms with Gasteiger partial charge in [-0.25, -0.2) is 0 Å². The summed E-state index contributed by atoms with van der Waals surface area (Å²) in [4.78, 5) is 0. The molecule has 1 heterocycles. The lowest BCUT2D eigenvalue weighted by molar-refractivity contribution is 0.686. The Balaban J connectivity index is 2.12. The number of benzene rings is 1. The number of aryl methyl sites for hydroxylation is 3. The van der Waals surface area contributed by atoms with Crippen LogP contribution in [-0.4, -0.2) is 9.78 Å². The number of anilines is 1. The predicted molar refractivity (Wildman–Crippen MR) is 74.4 cm³/mol. The summed E-state index contributed by atoms with van der Waals surface area (Å²) in [6.45, 7) is 2.07. The van der Waals surface area contributed by atoms with E-state index in [1.165, 1.54) is 42.4 Å². The number of hydrogen-bond donors (Lipinski definition) is 1. The van der Waals surface area contributed by atoms with Gasteiger partial charge in [0.15, 0.2) is 5.82 Å². The smallest absolute Gasteiger partial charge is 0.153 e. The molecule has 1 aliphatic carbocycles. The van der Waals surface area contributed by atoms with Crippen molar-refractivity contribution in [2.45, 2.75) is 32.6 Å². The molecule has 2 N–H and O–H groups in total. The van der Waals surface area contributed by atoms with E-state index in [1.54, 1.807) is 0 Å². The third-order valence-electron chi connectivity index (χ3n) is 4.00. The van der Waals surface area contributed by atoms with Gasteiger partial charge in [-0.05, 0) is 49.3 Å². The second-order valence-corrected chi connectivity index (χ2v) is 5.16. The Kier molecular flexibility index (Phi) is 2.62. The molecule has 0 atom stereocenters. The molecule has 0 saturated heterocycles. The first-order chi connectivity index (χ1) is 8.66. The molecule has 0 radical (unpaired) electrons. The van der Waals surface area contributed by atoms with Gasteiger partial charge < -0.3 is 5.73 Å². The molecule has 0 fully saturated rings. The zero-order valence-electron chi connectivity index (χ0n) is 11.0. The number of nitrogens with two attached hydrogens (primary N) is 1. The molecule has 94 valence electrons. The van der Waals surface area contributed by atoms with Crippen LogP contribution in [-0.2, 0) is 19.9 Å². The molecule has 1 aromatic heterocycles. The van der Waals surface area contributed by atoms with Crippen molar-refractivity contribution in [2.24, 2.45) is 7.05 Å². The fourth-order valence-corrected chi connectivity index (χ4v) is 2.88. The fourth-order valence-electron chi connectivity index (χ4n) is 2.88. The van der Waals surface area contributed by atoms with E-state index in [-0.39, 0.29) is 0 Å². The number of fused-ring (bicyclic) bond motifs is 1. The summed E-state index contributed by atoms with van der Waals surface area (Å²) in [6, 6.07) is 6.75. The number of rotatable bonds is 1. The number of nitrogens with zero attached hydrogens (tertiary/aromatic N) is 2. The number of hydrogen-bond acceptors (Lipinski definition) is 2. The highest BCUT2D eigenvalue weighted by atomic mass is 15.3. The lowest BCUT2D eigenvalue weighted by Crippen LogP contribution is -2.02. The van der Waals surface area contributed by atoms with E-state index in [4.69, 9.17) is 5.73 Å². The van der Waals surface area contributed by atoms with E-state index in [2.05, 4.69) is 30.2 Å². The van der Waals surface area contributed by atoms with Crippen molar-refractivity contribution in [3.8, 4) is 11.1 Å². The van der Waals surface area contributed by atoms with Crippen LogP contribution in [0, 0.1) is 6.92 Å². The van der Waals surface area contributed by atoms with Crippen LogP contribution in [0.3, 0.4) is 0 Å². The minimum Gasteiger partial charge on any atom is -0.382 e. The van der Waals surface area contributed by atoms with Crippen LogP contribution in [0.4, 0.5) is 5.82 Å². The standard InChI is InChI=1S/C15H19N3/c1-10-14(15(16)17-18(10)2)13-8-7-11-5-3-4-6-12(11)9-13/h7-9H,3-6H2,1-2H3,(H2,16,17). The summed E-state index contributed by atoms with van der Waals surface area (Å²) < 4.78 is 1.85. The Hall–Kier alpha value is -1.77. The van der Waals surface area contributed by atoms with E-state index in [9.17, 15) is 0 Å². The maximum Gasteiger partial charge on any atom is 0.153 e. The van der Waals surface area contributed by atoms with E-state index >= 15 is 0 Å². The van der Waals surface area contributed by atoms with Crippen LogP contribution >= 0.6 is 0 Å². The Morgan fingerprint density at radius 2 is 1.89 bits per heavy atom. The van der Waals surface area contributed by atoms with Gasteiger partial charge in [0, 0.05) is 18.3 Å². The lowest BCUT2D eigenvalue weighted by Gasteiger charge is -2.16. The van der Waals surface area contributed by atoms with Crippen molar-refractivity contribution in [3.63, 3.8) is 0 Å². The summed E-state index contributed by atoms with van der Waals surface area (Å²) in [5, 5.41) is 4.29. The Labute approximate surface area is 108 Å². The number of aromatic nitrogens is 2. The van der Waals surface area contributed by atoms with Crippen LogP contribution in [0.1, 0.15) is 29.7 Å². The lowest BCUT2D eigenvalue weighted by atomic mass is 9.89. The fraction of sp³-hybridized carbons (Fsp3) is 0.400. The first kappa shape index (κ1) is 11.3. The first-order valence-corrected chi connectivity index (χ1v) is 6.58. The van der Waals surface area contributed by atoms with Gasteiger partial charge in [-0.15, -0.1) is 0 Å². The topological polar surface area (TPSA) is 43.8 Å². The molecule has 0 amide bonds. The van der Waals surface area contributed by atoms with Gasteiger partial charge in [-0.1, -0.05) is 18.2 Å². The van der Waals surface area contributed by atoms with E-state index in [0.29, 0.717) is 5.82 Å². The molecular formula is C15H19N3. The number of nitrogen functional groups attached to an aromatic ring is 1. The summed E-state index contributed by atoms with van der Waals surface area (Å²) >= 11 is 0. The van der Waals surface area contributed by atoms with Crippen LogP contribution < -0.4 is 5.73 Å². The third kappa shape index (κ3) is 1.70. The van der Waals surface area contributed by atoms with E-state index in [1.807, 2.05) is 11.7 Å². The third-order valence-corrected chi connectivity index (χ3v) is 4.00. The average Bonchev–Trinajstić information content (AvgIpc) is 2.63. The van der Waals surface area contributed by atoms with Crippen LogP contribution in [0.15, 0.2) is 18.2 Å². The highest BCUT2D eigenvalue weighted by molar-refractivity contribution is 5.77. The van der Waals surface area contributed by atoms with Crippen molar-refractivity contribution >= 4 is 5.82 Å². The van der Waals surface area contributed by atoms with Gasteiger partial charge in [0.1, 0.15) is 0 Å².